The summed E-state index contributed by atoms with van der Waals surface area (Å²) in [5.74, 6) is 0.474. The topological polar surface area (TPSA) is 98.7 Å². The molecule has 8 nitrogen and oxygen atoms in total. The molecular weight excluding hydrogens is 320 g/mol. The SMILES string of the molecule is O=c1c2cnn(-c3ccc(-c4ccccc4)nn3)c2ncn1CCO. The number of hydrogen-bond donors (Lipinski definition) is 1. The Hall–Kier alpha value is -3.39. The van der Waals surface area contributed by atoms with E-state index >= 15 is 0 Å². The average molecular weight is 334 g/mol. The van der Waals surface area contributed by atoms with Gasteiger partial charge in [-0.3, -0.25) is 9.36 Å². The van der Waals surface area contributed by atoms with Gasteiger partial charge in [-0.2, -0.15) is 9.78 Å². The zero-order valence-corrected chi connectivity index (χ0v) is 13.1. The molecule has 0 aliphatic rings. The summed E-state index contributed by atoms with van der Waals surface area (Å²) in [6, 6.07) is 13.4. The lowest BCUT2D eigenvalue weighted by Crippen LogP contribution is -2.22. The number of aliphatic hydroxyl groups is 1. The third-order valence-electron chi connectivity index (χ3n) is 3.83. The minimum Gasteiger partial charge on any atom is -0.395 e. The van der Waals surface area contributed by atoms with Gasteiger partial charge in [0.25, 0.3) is 5.56 Å². The highest BCUT2D eigenvalue weighted by Crippen LogP contribution is 2.17. The number of aromatic nitrogens is 6. The van der Waals surface area contributed by atoms with E-state index in [4.69, 9.17) is 5.11 Å². The van der Waals surface area contributed by atoms with Crippen LogP contribution in [-0.2, 0) is 6.54 Å². The largest absolute Gasteiger partial charge is 0.395 e. The Bertz CT molecular complexity index is 1070. The summed E-state index contributed by atoms with van der Waals surface area (Å²) in [6.45, 7) is 0.0617. The van der Waals surface area contributed by atoms with E-state index in [1.54, 1.807) is 6.07 Å². The zero-order chi connectivity index (χ0) is 17.2. The summed E-state index contributed by atoms with van der Waals surface area (Å²) >= 11 is 0. The summed E-state index contributed by atoms with van der Waals surface area (Å²) in [6.07, 6.45) is 2.84. The van der Waals surface area contributed by atoms with Crippen LogP contribution in [0.2, 0.25) is 0 Å². The van der Waals surface area contributed by atoms with E-state index < -0.39 is 0 Å². The van der Waals surface area contributed by atoms with Crippen molar-refractivity contribution in [3.8, 4) is 17.1 Å². The van der Waals surface area contributed by atoms with Gasteiger partial charge >= 0.3 is 0 Å². The molecule has 0 aliphatic carbocycles. The molecule has 0 amide bonds. The minimum absolute atomic E-state index is 0.131. The number of fused-ring (bicyclic) bond motifs is 1. The lowest BCUT2D eigenvalue weighted by atomic mass is 10.1. The van der Waals surface area contributed by atoms with E-state index in [9.17, 15) is 4.79 Å². The number of nitrogens with zero attached hydrogens (tertiary/aromatic N) is 6. The second kappa shape index (κ2) is 6.25. The van der Waals surface area contributed by atoms with E-state index in [1.165, 1.54) is 21.8 Å². The predicted octanol–water partition coefficient (Wildman–Crippen LogP) is 1.03. The second-order valence-electron chi connectivity index (χ2n) is 5.40. The molecule has 1 N–H and O–H groups in total. The first-order valence-corrected chi connectivity index (χ1v) is 7.71. The minimum atomic E-state index is -0.251. The molecule has 4 aromatic rings. The van der Waals surface area contributed by atoms with Gasteiger partial charge in [0.15, 0.2) is 11.5 Å². The van der Waals surface area contributed by atoms with Crippen LogP contribution in [0.4, 0.5) is 0 Å². The molecule has 0 saturated heterocycles. The van der Waals surface area contributed by atoms with Crippen molar-refractivity contribution in [1.29, 1.82) is 0 Å². The Balaban J connectivity index is 1.75. The molecule has 0 unspecified atom stereocenters. The van der Waals surface area contributed by atoms with E-state index in [2.05, 4.69) is 20.3 Å². The Morgan fingerprint density at radius 3 is 2.60 bits per heavy atom. The van der Waals surface area contributed by atoms with Gasteiger partial charge in [0, 0.05) is 5.56 Å². The molecule has 4 rings (SSSR count). The van der Waals surface area contributed by atoms with Crippen LogP contribution in [0.1, 0.15) is 0 Å². The van der Waals surface area contributed by atoms with Gasteiger partial charge in [0.1, 0.15) is 11.7 Å². The molecule has 25 heavy (non-hydrogen) atoms. The molecule has 3 aromatic heterocycles. The molecule has 0 bridgehead atoms. The van der Waals surface area contributed by atoms with Crippen molar-refractivity contribution in [2.75, 3.05) is 6.61 Å². The Labute approximate surface area is 142 Å². The Kier molecular flexibility index (Phi) is 3.79. The van der Waals surface area contributed by atoms with Gasteiger partial charge in [-0.15, -0.1) is 10.2 Å². The van der Waals surface area contributed by atoms with Crippen molar-refractivity contribution >= 4 is 11.0 Å². The van der Waals surface area contributed by atoms with Crippen molar-refractivity contribution in [2.24, 2.45) is 0 Å². The van der Waals surface area contributed by atoms with Crippen LogP contribution in [0.5, 0.6) is 0 Å². The van der Waals surface area contributed by atoms with Crippen molar-refractivity contribution < 1.29 is 5.11 Å². The molecule has 0 spiro atoms. The Morgan fingerprint density at radius 2 is 1.88 bits per heavy atom. The fourth-order valence-electron chi connectivity index (χ4n) is 2.58. The van der Waals surface area contributed by atoms with Crippen LogP contribution in [0, 0.1) is 0 Å². The monoisotopic (exact) mass is 334 g/mol. The third-order valence-corrected chi connectivity index (χ3v) is 3.83. The maximum absolute atomic E-state index is 12.3. The maximum Gasteiger partial charge on any atom is 0.264 e. The summed E-state index contributed by atoms with van der Waals surface area (Å²) < 4.78 is 2.82. The van der Waals surface area contributed by atoms with Crippen LogP contribution < -0.4 is 5.56 Å². The van der Waals surface area contributed by atoms with Crippen molar-refractivity contribution in [1.82, 2.24) is 29.5 Å². The summed E-state index contributed by atoms with van der Waals surface area (Å²) in [7, 11) is 0. The fourth-order valence-corrected chi connectivity index (χ4v) is 2.58. The van der Waals surface area contributed by atoms with Crippen molar-refractivity contribution in [3.63, 3.8) is 0 Å². The molecule has 0 atom stereocenters. The molecule has 1 aromatic carbocycles. The first kappa shape index (κ1) is 15.2. The van der Waals surface area contributed by atoms with Gasteiger partial charge in [-0.05, 0) is 12.1 Å². The first-order chi connectivity index (χ1) is 12.3. The number of hydrogen-bond acceptors (Lipinski definition) is 6. The summed E-state index contributed by atoms with van der Waals surface area (Å²) in [5, 5.41) is 22.0. The standard InChI is InChI=1S/C17H14N6O2/c24-9-8-22-11-18-16-13(17(22)25)10-19-23(16)15-7-6-14(20-21-15)12-4-2-1-3-5-12/h1-7,10-11,24H,8-9H2. The molecule has 0 saturated carbocycles. The van der Waals surface area contributed by atoms with Crippen LogP contribution in [-0.4, -0.2) is 41.2 Å². The maximum atomic E-state index is 12.3. The van der Waals surface area contributed by atoms with Crippen LogP contribution in [0.25, 0.3) is 28.1 Å². The molecular formula is C17H14N6O2. The normalized spacial score (nSPS) is 11.1. The van der Waals surface area contributed by atoms with Gasteiger partial charge in [0.2, 0.25) is 0 Å². The van der Waals surface area contributed by atoms with E-state index in [0.29, 0.717) is 16.9 Å². The molecule has 0 radical (unpaired) electrons. The summed E-state index contributed by atoms with van der Waals surface area (Å²) in [5.41, 5.74) is 1.87. The highest BCUT2D eigenvalue weighted by atomic mass is 16.3. The summed E-state index contributed by atoms with van der Waals surface area (Å²) in [4.78, 5) is 16.6. The average Bonchev–Trinajstić information content (AvgIpc) is 3.10. The number of aliphatic hydroxyl groups excluding tert-OH is 1. The first-order valence-electron chi connectivity index (χ1n) is 7.71. The van der Waals surface area contributed by atoms with Gasteiger partial charge in [-0.25, -0.2) is 4.98 Å². The van der Waals surface area contributed by atoms with Gasteiger partial charge in [0.05, 0.1) is 25.0 Å². The van der Waals surface area contributed by atoms with E-state index in [0.717, 1.165) is 11.3 Å². The molecule has 0 aliphatic heterocycles. The highest BCUT2D eigenvalue weighted by Gasteiger charge is 2.12. The third kappa shape index (κ3) is 2.68. The number of rotatable bonds is 4. The lowest BCUT2D eigenvalue weighted by molar-refractivity contribution is 0.274. The quantitative estimate of drug-likeness (QED) is 0.598. The molecule has 8 heteroatoms. The fraction of sp³-hybridized carbons (Fsp3) is 0.118. The van der Waals surface area contributed by atoms with Crippen LogP contribution in [0.15, 0.2) is 59.8 Å². The van der Waals surface area contributed by atoms with Crippen LogP contribution in [0.3, 0.4) is 0 Å². The molecule has 124 valence electrons. The van der Waals surface area contributed by atoms with Crippen LogP contribution >= 0.6 is 0 Å². The van der Waals surface area contributed by atoms with Gasteiger partial charge < -0.3 is 5.11 Å². The van der Waals surface area contributed by atoms with Gasteiger partial charge in [-0.1, -0.05) is 30.3 Å². The zero-order valence-electron chi connectivity index (χ0n) is 13.1. The van der Waals surface area contributed by atoms with Crippen molar-refractivity contribution in [2.45, 2.75) is 6.54 Å². The predicted molar refractivity (Wildman–Crippen MR) is 91.2 cm³/mol. The molecule has 0 fully saturated rings. The Morgan fingerprint density at radius 1 is 1.04 bits per heavy atom. The smallest absolute Gasteiger partial charge is 0.264 e. The number of benzene rings is 1. The lowest BCUT2D eigenvalue weighted by Gasteiger charge is -2.05. The van der Waals surface area contributed by atoms with Crippen molar-refractivity contribution in [3.05, 3.63) is 65.3 Å². The second-order valence-corrected chi connectivity index (χ2v) is 5.40. The highest BCUT2D eigenvalue weighted by molar-refractivity contribution is 5.74. The van der Waals surface area contributed by atoms with E-state index in [-0.39, 0.29) is 18.7 Å². The molecule has 3 heterocycles. The van der Waals surface area contributed by atoms with E-state index in [1.807, 2.05) is 36.4 Å².